The number of amides is 1. The zero-order valence-electron chi connectivity index (χ0n) is 12.4. The number of nitrogens with zero attached hydrogens (tertiary/aromatic N) is 3. The average molecular weight is 317 g/mol. The molecule has 0 aromatic carbocycles. The van der Waals surface area contributed by atoms with Gasteiger partial charge < -0.3 is 9.64 Å². The van der Waals surface area contributed by atoms with Crippen molar-refractivity contribution in [2.75, 3.05) is 19.8 Å². The normalized spacial score (nSPS) is 17.8. The molecule has 0 bridgehead atoms. The van der Waals surface area contributed by atoms with Gasteiger partial charge in [-0.1, -0.05) is 6.08 Å². The lowest BCUT2D eigenvalue weighted by Crippen LogP contribution is -2.35. The highest BCUT2D eigenvalue weighted by Crippen LogP contribution is 2.19. The van der Waals surface area contributed by atoms with Gasteiger partial charge in [0.05, 0.1) is 31.0 Å². The Morgan fingerprint density at radius 3 is 3.18 bits per heavy atom. The summed E-state index contributed by atoms with van der Waals surface area (Å²) in [6.07, 6.45) is 3.53. The molecule has 6 heteroatoms. The lowest BCUT2D eigenvalue weighted by molar-refractivity contribution is 0.0637. The predicted molar refractivity (Wildman–Crippen MR) is 85.8 cm³/mol. The monoisotopic (exact) mass is 317 g/mol. The molecule has 5 nitrogen and oxygen atoms in total. The fourth-order valence-electron chi connectivity index (χ4n) is 2.68. The lowest BCUT2D eigenvalue weighted by atomic mass is 10.1. The van der Waals surface area contributed by atoms with Crippen LogP contribution in [0.5, 0.6) is 0 Å². The van der Waals surface area contributed by atoms with Gasteiger partial charge in [0.2, 0.25) is 0 Å². The molecule has 0 unspecified atom stereocenters. The van der Waals surface area contributed by atoms with Crippen molar-refractivity contribution in [1.29, 1.82) is 0 Å². The molecule has 3 rings (SSSR count). The topological polar surface area (TPSA) is 47.4 Å². The Morgan fingerprint density at radius 2 is 2.41 bits per heavy atom. The molecular formula is C16H19N3O2S. The van der Waals surface area contributed by atoms with Gasteiger partial charge in [0.1, 0.15) is 0 Å². The van der Waals surface area contributed by atoms with Crippen molar-refractivity contribution in [2.24, 2.45) is 5.92 Å². The van der Waals surface area contributed by atoms with Crippen LogP contribution in [0.1, 0.15) is 16.1 Å². The number of carbonyl (C=O) groups excluding carboxylic acids is 1. The SMILES string of the molecule is C=CCOC[C@H]1CN(C(=O)c2ccsc2)Cc2ccnn2C1. The van der Waals surface area contributed by atoms with Crippen LogP contribution in [0.25, 0.3) is 0 Å². The molecule has 0 saturated heterocycles. The highest BCUT2D eigenvalue weighted by Gasteiger charge is 2.26. The Bertz CT molecular complexity index is 636. The molecule has 1 amide bonds. The zero-order valence-corrected chi connectivity index (χ0v) is 13.2. The molecule has 0 fully saturated rings. The van der Waals surface area contributed by atoms with Crippen molar-refractivity contribution < 1.29 is 9.53 Å². The second-order valence-corrected chi connectivity index (χ2v) is 6.17. The molecule has 1 aliphatic heterocycles. The van der Waals surface area contributed by atoms with E-state index in [1.54, 1.807) is 23.6 Å². The minimum atomic E-state index is 0.0737. The van der Waals surface area contributed by atoms with E-state index in [-0.39, 0.29) is 11.8 Å². The highest BCUT2D eigenvalue weighted by atomic mass is 32.1. The summed E-state index contributed by atoms with van der Waals surface area (Å²) in [5.41, 5.74) is 1.82. The van der Waals surface area contributed by atoms with Gasteiger partial charge >= 0.3 is 0 Å². The molecule has 1 aliphatic rings. The van der Waals surface area contributed by atoms with Crippen molar-refractivity contribution in [3.05, 3.63) is 53.0 Å². The van der Waals surface area contributed by atoms with Crippen LogP contribution < -0.4 is 0 Å². The summed E-state index contributed by atoms with van der Waals surface area (Å²) in [5.74, 6) is 0.299. The molecule has 0 aliphatic carbocycles. The summed E-state index contributed by atoms with van der Waals surface area (Å²) in [7, 11) is 0. The first kappa shape index (κ1) is 15.0. The summed E-state index contributed by atoms with van der Waals surface area (Å²) < 4.78 is 7.57. The van der Waals surface area contributed by atoms with E-state index in [9.17, 15) is 4.79 Å². The van der Waals surface area contributed by atoms with Crippen molar-refractivity contribution >= 4 is 17.2 Å². The van der Waals surface area contributed by atoms with Crippen LogP contribution in [-0.4, -0.2) is 40.3 Å². The molecule has 2 aromatic heterocycles. The number of hydrogen-bond acceptors (Lipinski definition) is 4. The summed E-state index contributed by atoms with van der Waals surface area (Å²) in [6.45, 7) is 6.82. The first-order valence-corrected chi connectivity index (χ1v) is 8.23. The van der Waals surface area contributed by atoms with Crippen LogP contribution in [-0.2, 0) is 17.8 Å². The zero-order chi connectivity index (χ0) is 15.4. The van der Waals surface area contributed by atoms with Gasteiger partial charge in [-0.3, -0.25) is 9.48 Å². The number of fused-ring (bicyclic) bond motifs is 1. The number of rotatable bonds is 5. The van der Waals surface area contributed by atoms with Gasteiger partial charge in [0, 0.05) is 30.6 Å². The lowest BCUT2D eigenvalue weighted by Gasteiger charge is -2.23. The standard InChI is InChI=1S/C16H19N3O2S/c1-2-6-21-11-13-8-18(16(20)14-4-7-22-12-14)10-15-3-5-17-19(15)9-13/h2-5,7,12-13H,1,6,8-11H2/t13-/m0/s1. The third kappa shape index (κ3) is 3.28. The van der Waals surface area contributed by atoms with Gasteiger partial charge in [-0.15, -0.1) is 6.58 Å². The fourth-order valence-corrected chi connectivity index (χ4v) is 3.31. The van der Waals surface area contributed by atoms with Crippen molar-refractivity contribution in [3.8, 4) is 0 Å². The second kappa shape index (κ2) is 6.89. The second-order valence-electron chi connectivity index (χ2n) is 5.39. The van der Waals surface area contributed by atoms with Crippen LogP contribution in [0, 0.1) is 5.92 Å². The summed E-state index contributed by atoms with van der Waals surface area (Å²) in [6, 6.07) is 3.85. The van der Waals surface area contributed by atoms with E-state index in [4.69, 9.17) is 4.74 Å². The molecular weight excluding hydrogens is 298 g/mol. The van der Waals surface area contributed by atoms with E-state index in [0.717, 1.165) is 17.8 Å². The molecule has 1 atom stereocenters. The molecule has 0 saturated carbocycles. The van der Waals surface area contributed by atoms with E-state index in [0.29, 0.717) is 26.3 Å². The minimum absolute atomic E-state index is 0.0737. The quantitative estimate of drug-likeness (QED) is 0.628. The van der Waals surface area contributed by atoms with E-state index in [1.807, 2.05) is 32.5 Å². The highest BCUT2D eigenvalue weighted by molar-refractivity contribution is 7.08. The van der Waals surface area contributed by atoms with E-state index >= 15 is 0 Å². The van der Waals surface area contributed by atoms with Crippen molar-refractivity contribution in [1.82, 2.24) is 14.7 Å². The maximum Gasteiger partial charge on any atom is 0.255 e. The largest absolute Gasteiger partial charge is 0.377 e. The smallest absolute Gasteiger partial charge is 0.255 e. The molecule has 116 valence electrons. The Hall–Kier alpha value is -1.92. The molecule has 0 spiro atoms. The maximum atomic E-state index is 12.7. The summed E-state index contributed by atoms with van der Waals surface area (Å²) >= 11 is 1.54. The predicted octanol–water partition coefficient (Wildman–Crippen LogP) is 2.42. The first-order chi connectivity index (χ1) is 10.8. The first-order valence-electron chi connectivity index (χ1n) is 7.28. The van der Waals surface area contributed by atoms with Gasteiger partial charge in [-0.2, -0.15) is 16.4 Å². The molecule has 0 N–H and O–H groups in total. The minimum Gasteiger partial charge on any atom is -0.377 e. The van der Waals surface area contributed by atoms with Crippen LogP contribution in [0.4, 0.5) is 0 Å². The Balaban J connectivity index is 1.77. The number of aromatic nitrogens is 2. The van der Waals surface area contributed by atoms with Crippen LogP contribution in [0.2, 0.25) is 0 Å². The van der Waals surface area contributed by atoms with Gasteiger partial charge in [-0.05, 0) is 17.5 Å². The maximum absolute atomic E-state index is 12.7. The van der Waals surface area contributed by atoms with Gasteiger partial charge in [-0.25, -0.2) is 0 Å². The number of thiophene rings is 1. The van der Waals surface area contributed by atoms with Crippen LogP contribution >= 0.6 is 11.3 Å². The molecule has 0 radical (unpaired) electrons. The summed E-state index contributed by atoms with van der Waals surface area (Å²) in [5, 5.41) is 8.18. The number of carbonyl (C=O) groups is 1. The van der Waals surface area contributed by atoms with Gasteiger partial charge in [0.15, 0.2) is 0 Å². The third-order valence-corrected chi connectivity index (χ3v) is 4.39. The van der Waals surface area contributed by atoms with Crippen molar-refractivity contribution in [3.63, 3.8) is 0 Å². The van der Waals surface area contributed by atoms with Crippen LogP contribution in [0.3, 0.4) is 0 Å². The Morgan fingerprint density at radius 1 is 1.50 bits per heavy atom. The van der Waals surface area contributed by atoms with Crippen LogP contribution in [0.15, 0.2) is 41.7 Å². The number of ether oxygens (including phenoxy) is 1. The molecule has 3 heterocycles. The molecule has 22 heavy (non-hydrogen) atoms. The van der Waals surface area contributed by atoms with Gasteiger partial charge in [0.25, 0.3) is 5.91 Å². The van der Waals surface area contributed by atoms with E-state index in [1.165, 1.54) is 0 Å². The Labute approximate surface area is 133 Å². The fraction of sp³-hybridized carbons (Fsp3) is 0.375. The van der Waals surface area contributed by atoms with E-state index in [2.05, 4.69) is 11.7 Å². The summed E-state index contributed by atoms with van der Waals surface area (Å²) in [4.78, 5) is 14.6. The van der Waals surface area contributed by atoms with Crippen molar-refractivity contribution in [2.45, 2.75) is 13.1 Å². The third-order valence-electron chi connectivity index (χ3n) is 3.71. The van der Waals surface area contributed by atoms with E-state index < -0.39 is 0 Å². The Kier molecular flexibility index (Phi) is 4.70. The number of hydrogen-bond donors (Lipinski definition) is 0. The average Bonchev–Trinajstić information content (AvgIpc) is 3.16. The molecule has 2 aromatic rings.